The molecule has 2 aliphatic heterocycles. The normalized spacial score (nSPS) is 16.5. The van der Waals surface area contributed by atoms with Crippen LogP contribution in [0.2, 0.25) is 0 Å². The molecule has 3 aromatic rings. The zero-order valence-corrected chi connectivity index (χ0v) is 20.2. The highest BCUT2D eigenvalue weighted by Crippen LogP contribution is 2.32. The van der Waals surface area contributed by atoms with Crippen molar-refractivity contribution in [1.82, 2.24) is 9.58 Å². The molecule has 9 heteroatoms. The van der Waals surface area contributed by atoms with Crippen LogP contribution in [0.15, 0.2) is 70.3 Å². The number of halogens is 1. The van der Waals surface area contributed by atoms with Gasteiger partial charge in [-0.15, -0.1) is 0 Å². The molecule has 5 rings (SSSR count). The summed E-state index contributed by atoms with van der Waals surface area (Å²) in [7, 11) is 0. The minimum atomic E-state index is -0.491. The van der Waals surface area contributed by atoms with Crippen molar-refractivity contribution in [3.8, 4) is 11.4 Å². The molecule has 1 amide bonds. The van der Waals surface area contributed by atoms with Crippen LogP contribution < -0.4 is 4.74 Å². The molecule has 0 saturated carbocycles. The maximum Gasteiger partial charge on any atom is 0.283 e. The number of aryl methyl sites for hydroxylation is 1. The van der Waals surface area contributed by atoms with Gasteiger partial charge in [0.2, 0.25) is 5.17 Å². The van der Waals surface area contributed by atoms with Crippen molar-refractivity contribution in [1.29, 1.82) is 5.41 Å². The van der Waals surface area contributed by atoms with Gasteiger partial charge in [-0.3, -0.25) is 10.2 Å². The Kier molecular flexibility index (Phi) is 5.86. The van der Waals surface area contributed by atoms with E-state index in [-0.39, 0.29) is 17.2 Å². The predicted octanol–water partition coefficient (Wildman–Crippen LogP) is 5.30. The molecule has 0 radical (unpaired) electrons. The molecule has 0 bridgehead atoms. The molecule has 7 nitrogen and oxygen atoms in total. The number of hydrogen-bond donors (Lipinski definition) is 1. The number of carbonyl (C=O) groups is 1. The van der Waals surface area contributed by atoms with Crippen LogP contribution in [0.5, 0.6) is 5.75 Å². The van der Waals surface area contributed by atoms with Crippen LogP contribution >= 0.6 is 11.8 Å². The molecule has 1 aromatic heterocycles. The van der Waals surface area contributed by atoms with Gasteiger partial charge in [0.15, 0.2) is 5.84 Å². The Hall–Kier alpha value is -3.98. The molecule has 2 aliphatic rings. The first-order valence-electron chi connectivity index (χ1n) is 11.0. The van der Waals surface area contributed by atoms with Crippen LogP contribution in [0, 0.1) is 25.1 Å². The monoisotopic (exact) mass is 487 g/mol. The third kappa shape index (κ3) is 4.19. The number of rotatable bonds is 5. The summed E-state index contributed by atoms with van der Waals surface area (Å²) in [6.45, 7) is 6.51. The Morgan fingerprint density at radius 2 is 1.83 bits per heavy atom. The number of aromatic nitrogens is 1. The van der Waals surface area contributed by atoms with Crippen LogP contribution in [-0.4, -0.2) is 38.1 Å². The summed E-state index contributed by atoms with van der Waals surface area (Å²) in [4.78, 5) is 17.0. The molecular weight excluding hydrogens is 465 g/mol. The van der Waals surface area contributed by atoms with Crippen molar-refractivity contribution in [2.24, 2.45) is 10.1 Å². The largest absolute Gasteiger partial charge is 0.494 e. The van der Waals surface area contributed by atoms with Gasteiger partial charge in [0.1, 0.15) is 16.6 Å². The SMILES string of the molecule is CCOc1ccc(-n2c(C)cc(/C=C3/C(=N)N4N=C(c5ccc(F)cc5)SC4=NC3=O)c2C)cc1. The number of nitrogens with one attached hydrogen (secondary N) is 1. The summed E-state index contributed by atoms with van der Waals surface area (Å²) >= 11 is 1.18. The first-order chi connectivity index (χ1) is 16.9. The zero-order chi connectivity index (χ0) is 24.7. The van der Waals surface area contributed by atoms with Gasteiger partial charge >= 0.3 is 0 Å². The number of carbonyl (C=O) groups excluding carboxylic acids is 1. The van der Waals surface area contributed by atoms with Crippen molar-refractivity contribution in [3.63, 3.8) is 0 Å². The van der Waals surface area contributed by atoms with Gasteiger partial charge in [-0.2, -0.15) is 15.1 Å². The van der Waals surface area contributed by atoms with Crippen LogP contribution in [0.3, 0.4) is 0 Å². The molecule has 1 N–H and O–H groups in total. The molecule has 2 aromatic carbocycles. The van der Waals surface area contributed by atoms with E-state index >= 15 is 0 Å². The fraction of sp³-hybridized carbons (Fsp3) is 0.154. The summed E-state index contributed by atoms with van der Waals surface area (Å²) in [5, 5.41) is 15.3. The van der Waals surface area contributed by atoms with E-state index in [1.54, 1.807) is 18.2 Å². The van der Waals surface area contributed by atoms with Crippen molar-refractivity contribution >= 4 is 39.8 Å². The standard InChI is InChI=1S/C26H22FN5O2S/c1-4-34-21-11-9-20(10-12-21)31-15(2)13-18(16(31)3)14-22-23(28)32-26(29-24(22)33)35-25(30-32)17-5-7-19(27)8-6-17/h5-14,28H,4H2,1-3H3/b22-14-,28-23?. The third-order valence-electron chi connectivity index (χ3n) is 5.72. The number of fused-ring (bicyclic) bond motifs is 1. The maximum atomic E-state index is 13.3. The summed E-state index contributed by atoms with van der Waals surface area (Å²) in [5.41, 5.74) is 4.57. The Bertz CT molecular complexity index is 1440. The number of ether oxygens (including phenoxy) is 1. The average Bonchev–Trinajstić information content (AvgIpc) is 3.38. The fourth-order valence-corrected chi connectivity index (χ4v) is 4.94. The second kappa shape index (κ2) is 8.99. The van der Waals surface area contributed by atoms with Gasteiger partial charge in [-0.1, -0.05) is 0 Å². The van der Waals surface area contributed by atoms with Gasteiger partial charge in [-0.25, -0.2) is 4.39 Å². The van der Waals surface area contributed by atoms with Crippen LogP contribution in [0.4, 0.5) is 4.39 Å². The lowest BCUT2D eigenvalue weighted by Gasteiger charge is -2.20. The van der Waals surface area contributed by atoms with Gasteiger partial charge in [0.05, 0.1) is 12.2 Å². The van der Waals surface area contributed by atoms with Crippen LogP contribution in [0.25, 0.3) is 11.8 Å². The Balaban J connectivity index is 1.47. The topological polar surface area (TPSA) is 83.0 Å². The Morgan fingerprint density at radius 3 is 2.51 bits per heavy atom. The smallest absolute Gasteiger partial charge is 0.283 e. The summed E-state index contributed by atoms with van der Waals surface area (Å²) in [6, 6.07) is 15.7. The highest BCUT2D eigenvalue weighted by Gasteiger charge is 2.36. The first-order valence-corrected chi connectivity index (χ1v) is 11.9. The van der Waals surface area contributed by atoms with Gasteiger partial charge in [0, 0.05) is 22.6 Å². The number of aliphatic imine (C=N–C) groups is 1. The van der Waals surface area contributed by atoms with Crippen molar-refractivity contribution < 1.29 is 13.9 Å². The van der Waals surface area contributed by atoms with Gasteiger partial charge in [0.25, 0.3) is 5.91 Å². The van der Waals surface area contributed by atoms with E-state index in [9.17, 15) is 9.18 Å². The first kappa shape index (κ1) is 22.8. The van der Waals surface area contributed by atoms with E-state index in [2.05, 4.69) is 14.7 Å². The molecule has 0 fully saturated rings. The summed E-state index contributed by atoms with van der Waals surface area (Å²) in [5.74, 6) is -0.0749. The van der Waals surface area contributed by atoms with E-state index in [4.69, 9.17) is 10.1 Å². The van der Waals surface area contributed by atoms with Crippen LogP contribution in [-0.2, 0) is 4.79 Å². The minimum absolute atomic E-state index is 0.0458. The summed E-state index contributed by atoms with van der Waals surface area (Å²) < 4.78 is 20.9. The second-order valence-corrected chi connectivity index (χ2v) is 8.98. The van der Waals surface area contributed by atoms with E-state index in [1.807, 2.05) is 51.1 Å². The van der Waals surface area contributed by atoms with Crippen molar-refractivity contribution in [3.05, 3.63) is 88.5 Å². The van der Waals surface area contributed by atoms with E-state index in [0.29, 0.717) is 22.4 Å². The average molecular weight is 488 g/mol. The molecule has 35 heavy (non-hydrogen) atoms. The lowest BCUT2D eigenvalue weighted by atomic mass is 10.1. The minimum Gasteiger partial charge on any atom is -0.494 e. The third-order valence-corrected chi connectivity index (χ3v) is 6.68. The number of hydrazone groups is 1. The predicted molar refractivity (Wildman–Crippen MR) is 137 cm³/mol. The number of hydrogen-bond acceptors (Lipinski definition) is 5. The number of benzene rings is 2. The van der Waals surface area contributed by atoms with Crippen molar-refractivity contribution in [2.75, 3.05) is 6.61 Å². The molecule has 176 valence electrons. The molecule has 0 unspecified atom stereocenters. The van der Waals surface area contributed by atoms with Crippen LogP contribution in [0.1, 0.15) is 29.4 Å². The molecule has 0 aliphatic carbocycles. The van der Waals surface area contributed by atoms with E-state index < -0.39 is 5.91 Å². The Morgan fingerprint density at radius 1 is 1.11 bits per heavy atom. The highest BCUT2D eigenvalue weighted by atomic mass is 32.2. The quantitative estimate of drug-likeness (QED) is 0.495. The summed E-state index contributed by atoms with van der Waals surface area (Å²) in [6.07, 6.45) is 1.69. The zero-order valence-electron chi connectivity index (χ0n) is 19.4. The molecular formula is C26H22FN5O2S. The fourth-order valence-electron chi connectivity index (χ4n) is 4.05. The lowest BCUT2D eigenvalue weighted by Crippen LogP contribution is -2.35. The van der Waals surface area contributed by atoms with E-state index in [0.717, 1.165) is 28.4 Å². The molecule has 0 atom stereocenters. The van der Waals surface area contributed by atoms with Gasteiger partial charge in [-0.05, 0) is 98.8 Å². The maximum absolute atomic E-state index is 13.3. The molecule has 0 spiro atoms. The highest BCUT2D eigenvalue weighted by molar-refractivity contribution is 8.27. The number of nitrogens with zero attached hydrogens (tertiary/aromatic N) is 4. The molecule has 3 heterocycles. The van der Waals surface area contributed by atoms with E-state index in [1.165, 1.54) is 28.9 Å². The van der Waals surface area contributed by atoms with Gasteiger partial charge < -0.3 is 9.30 Å². The number of amidine groups is 2. The van der Waals surface area contributed by atoms with Crippen molar-refractivity contribution in [2.45, 2.75) is 20.8 Å². The number of thioether (sulfide) groups is 1. The molecule has 0 saturated heterocycles. The lowest BCUT2D eigenvalue weighted by molar-refractivity contribution is -0.114. The second-order valence-electron chi connectivity index (χ2n) is 8.02. The Labute approximate surface area is 206 Å². The number of amides is 1.